The van der Waals surface area contributed by atoms with Gasteiger partial charge in [-0.15, -0.1) is 0 Å². The molecule has 0 saturated heterocycles. The molecule has 3 rings (SSSR count). The Balaban J connectivity index is 2.08. The van der Waals surface area contributed by atoms with Gasteiger partial charge in [0.1, 0.15) is 5.76 Å². The molecule has 74 valence electrons. The highest BCUT2D eigenvalue weighted by Crippen LogP contribution is 2.33. The van der Waals surface area contributed by atoms with Crippen LogP contribution in [0, 0.1) is 6.92 Å². The van der Waals surface area contributed by atoms with Crippen molar-refractivity contribution in [2.24, 2.45) is 0 Å². The van der Waals surface area contributed by atoms with Crippen molar-refractivity contribution in [3.05, 3.63) is 59.0 Å². The molecule has 0 fully saturated rings. The fourth-order valence-corrected chi connectivity index (χ4v) is 2.15. The molecule has 0 atom stereocenters. The van der Waals surface area contributed by atoms with Gasteiger partial charge in [0.25, 0.3) is 0 Å². The fourth-order valence-electron chi connectivity index (χ4n) is 2.15. The van der Waals surface area contributed by atoms with Crippen LogP contribution in [-0.2, 0) is 6.42 Å². The molecule has 1 aliphatic rings. The maximum atomic E-state index is 5.42. The Labute approximate surface area is 89.0 Å². The predicted molar refractivity (Wildman–Crippen MR) is 61.5 cm³/mol. The molecule has 1 nitrogen and oxygen atoms in total. The van der Waals surface area contributed by atoms with Gasteiger partial charge in [0.05, 0.1) is 6.26 Å². The smallest absolute Gasteiger partial charge is 0.130 e. The lowest BCUT2D eigenvalue weighted by Gasteiger charge is -2.00. The second-order valence-corrected chi connectivity index (χ2v) is 3.97. The molecule has 0 unspecified atom stereocenters. The Morgan fingerprint density at radius 3 is 2.80 bits per heavy atom. The van der Waals surface area contributed by atoms with Crippen LogP contribution in [-0.4, -0.2) is 0 Å². The third kappa shape index (κ3) is 1.32. The first-order valence-corrected chi connectivity index (χ1v) is 5.17. The monoisotopic (exact) mass is 196 g/mol. The number of furan rings is 1. The van der Waals surface area contributed by atoms with Crippen molar-refractivity contribution in [1.29, 1.82) is 0 Å². The molecular formula is C14H12O. The molecule has 0 spiro atoms. The van der Waals surface area contributed by atoms with E-state index in [1.807, 2.05) is 12.1 Å². The second kappa shape index (κ2) is 3.13. The first-order chi connectivity index (χ1) is 7.34. The molecule has 0 radical (unpaired) electrons. The summed E-state index contributed by atoms with van der Waals surface area (Å²) < 4.78 is 5.42. The highest BCUT2D eigenvalue weighted by molar-refractivity contribution is 5.87. The van der Waals surface area contributed by atoms with Crippen LogP contribution in [0.3, 0.4) is 0 Å². The largest absolute Gasteiger partial charge is 0.465 e. The van der Waals surface area contributed by atoms with Crippen LogP contribution >= 0.6 is 0 Å². The van der Waals surface area contributed by atoms with Crippen LogP contribution in [0.2, 0.25) is 0 Å². The van der Waals surface area contributed by atoms with E-state index >= 15 is 0 Å². The van der Waals surface area contributed by atoms with Crippen molar-refractivity contribution in [3.8, 4) is 0 Å². The predicted octanol–water partition coefficient (Wildman–Crippen LogP) is 3.68. The Kier molecular flexibility index (Phi) is 1.78. The number of rotatable bonds is 1. The van der Waals surface area contributed by atoms with Crippen LogP contribution in [0.4, 0.5) is 0 Å². The first kappa shape index (κ1) is 8.54. The summed E-state index contributed by atoms with van der Waals surface area (Å²) in [5.41, 5.74) is 5.39. The summed E-state index contributed by atoms with van der Waals surface area (Å²) in [4.78, 5) is 0. The van der Waals surface area contributed by atoms with E-state index in [0.717, 1.165) is 12.2 Å². The minimum absolute atomic E-state index is 0.991. The van der Waals surface area contributed by atoms with E-state index in [-0.39, 0.29) is 0 Å². The van der Waals surface area contributed by atoms with Crippen LogP contribution in [0.15, 0.2) is 41.0 Å². The van der Waals surface area contributed by atoms with Gasteiger partial charge in [-0.2, -0.15) is 0 Å². The molecule has 0 saturated carbocycles. The molecule has 0 N–H and O–H groups in total. The molecule has 0 bridgehead atoms. The van der Waals surface area contributed by atoms with Crippen LogP contribution < -0.4 is 0 Å². The Morgan fingerprint density at radius 1 is 1.13 bits per heavy atom. The Hall–Kier alpha value is -1.76. The molecule has 2 aromatic rings. The average molecular weight is 196 g/mol. The van der Waals surface area contributed by atoms with Crippen molar-refractivity contribution in [2.75, 3.05) is 0 Å². The van der Waals surface area contributed by atoms with E-state index < -0.39 is 0 Å². The van der Waals surface area contributed by atoms with Crippen LogP contribution in [0.25, 0.3) is 11.6 Å². The molecule has 0 aliphatic heterocycles. The van der Waals surface area contributed by atoms with Gasteiger partial charge in [-0.3, -0.25) is 0 Å². The zero-order valence-corrected chi connectivity index (χ0v) is 8.66. The normalized spacial score (nSPS) is 13.8. The van der Waals surface area contributed by atoms with Gasteiger partial charge in [0.2, 0.25) is 0 Å². The summed E-state index contributed by atoms with van der Waals surface area (Å²) >= 11 is 0. The lowest BCUT2D eigenvalue weighted by atomic mass is 10.0. The number of hydrogen-bond donors (Lipinski definition) is 0. The van der Waals surface area contributed by atoms with Gasteiger partial charge in [-0.1, -0.05) is 18.2 Å². The zero-order valence-electron chi connectivity index (χ0n) is 8.66. The molecule has 1 aliphatic carbocycles. The van der Waals surface area contributed by atoms with Crippen molar-refractivity contribution >= 4 is 11.6 Å². The summed E-state index contributed by atoms with van der Waals surface area (Å²) in [6, 6.07) is 10.4. The number of fused-ring (bicyclic) bond motifs is 1. The standard InChI is InChI=1S/C14H12O/c1-10-4-2-5-11-8-12(9-13(10)11)14-6-3-7-15-14/h2-7,9H,8H2,1H3. The molecule has 1 aromatic heterocycles. The zero-order chi connectivity index (χ0) is 10.3. The lowest BCUT2D eigenvalue weighted by molar-refractivity contribution is 0.552. The van der Waals surface area contributed by atoms with Crippen molar-refractivity contribution in [2.45, 2.75) is 13.3 Å². The molecule has 1 heterocycles. The Bertz CT molecular complexity index is 518. The summed E-state index contributed by atoms with van der Waals surface area (Å²) in [6.45, 7) is 2.15. The molecule has 1 heteroatoms. The van der Waals surface area contributed by atoms with Crippen molar-refractivity contribution < 1.29 is 4.42 Å². The summed E-state index contributed by atoms with van der Waals surface area (Å²) in [5.74, 6) is 0.991. The van der Waals surface area contributed by atoms with E-state index in [1.165, 1.54) is 22.3 Å². The van der Waals surface area contributed by atoms with Gasteiger partial charge in [-0.25, -0.2) is 0 Å². The third-order valence-electron chi connectivity index (χ3n) is 2.95. The molecule has 15 heavy (non-hydrogen) atoms. The van der Waals surface area contributed by atoms with Gasteiger partial charge in [0, 0.05) is 6.42 Å². The maximum absolute atomic E-state index is 5.42. The molecule has 0 amide bonds. The summed E-state index contributed by atoms with van der Waals surface area (Å²) in [5, 5.41) is 0. The van der Waals surface area contributed by atoms with E-state index in [2.05, 4.69) is 31.2 Å². The minimum Gasteiger partial charge on any atom is -0.465 e. The van der Waals surface area contributed by atoms with Crippen LogP contribution in [0.5, 0.6) is 0 Å². The van der Waals surface area contributed by atoms with Crippen LogP contribution in [0.1, 0.15) is 22.5 Å². The lowest BCUT2D eigenvalue weighted by Crippen LogP contribution is -1.85. The highest BCUT2D eigenvalue weighted by Gasteiger charge is 2.16. The minimum atomic E-state index is 0.991. The topological polar surface area (TPSA) is 13.1 Å². The van der Waals surface area contributed by atoms with E-state index in [1.54, 1.807) is 6.26 Å². The van der Waals surface area contributed by atoms with E-state index in [0.29, 0.717) is 0 Å². The number of benzene rings is 1. The van der Waals surface area contributed by atoms with Gasteiger partial charge in [-0.05, 0) is 47.4 Å². The van der Waals surface area contributed by atoms with Gasteiger partial charge < -0.3 is 4.42 Å². The molecule has 1 aromatic carbocycles. The first-order valence-electron chi connectivity index (χ1n) is 5.17. The van der Waals surface area contributed by atoms with E-state index in [9.17, 15) is 0 Å². The maximum Gasteiger partial charge on any atom is 0.130 e. The molecular weight excluding hydrogens is 184 g/mol. The number of hydrogen-bond acceptors (Lipinski definition) is 1. The quantitative estimate of drug-likeness (QED) is 0.678. The SMILES string of the molecule is Cc1cccc2c1C=C(c1ccco1)C2. The van der Waals surface area contributed by atoms with E-state index in [4.69, 9.17) is 4.42 Å². The fraction of sp³-hybridized carbons (Fsp3) is 0.143. The highest BCUT2D eigenvalue weighted by atomic mass is 16.3. The summed E-state index contributed by atoms with van der Waals surface area (Å²) in [6.07, 6.45) is 4.96. The average Bonchev–Trinajstić information content (AvgIpc) is 2.86. The van der Waals surface area contributed by atoms with Gasteiger partial charge in [0.15, 0.2) is 0 Å². The third-order valence-corrected chi connectivity index (χ3v) is 2.95. The Morgan fingerprint density at radius 2 is 2.07 bits per heavy atom. The summed E-state index contributed by atoms with van der Waals surface area (Å²) in [7, 11) is 0. The van der Waals surface area contributed by atoms with Crippen molar-refractivity contribution in [3.63, 3.8) is 0 Å². The number of allylic oxidation sites excluding steroid dienone is 1. The van der Waals surface area contributed by atoms with Crippen molar-refractivity contribution in [1.82, 2.24) is 0 Å². The van der Waals surface area contributed by atoms with Gasteiger partial charge >= 0.3 is 0 Å². The number of aryl methyl sites for hydroxylation is 1. The second-order valence-electron chi connectivity index (χ2n) is 3.97.